The molecule has 3 rings (SSSR count). The van der Waals surface area contributed by atoms with Crippen LogP contribution in [0.4, 0.5) is 0 Å². The number of benzene rings is 1. The lowest BCUT2D eigenvalue weighted by Gasteiger charge is -2.27. The third-order valence-electron chi connectivity index (χ3n) is 4.23. The summed E-state index contributed by atoms with van der Waals surface area (Å²) in [7, 11) is 2.22. The normalized spacial score (nSPS) is 19.8. The molecular formula is C17H24N2O. The van der Waals surface area contributed by atoms with Crippen LogP contribution in [0.1, 0.15) is 12.8 Å². The third kappa shape index (κ3) is 3.22. The molecule has 0 N–H and O–H groups in total. The molecule has 2 aromatic rings. The molecule has 108 valence electrons. The Hall–Kier alpha value is -1.32. The molecule has 0 amide bonds. The van der Waals surface area contributed by atoms with Gasteiger partial charge in [-0.15, -0.1) is 0 Å². The summed E-state index contributed by atoms with van der Waals surface area (Å²) in [6.45, 7) is 5.19. The van der Waals surface area contributed by atoms with Crippen LogP contribution in [0, 0.1) is 5.92 Å². The van der Waals surface area contributed by atoms with E-state index in [1.54, 1.807) is 0 Å². The molecule has 0 saturated carbocycles. The van der Waals surface area contributed by atoms with E-state index in [1.165, 1.54) is 23.7 Å². The van der Waals surface area contributed by atoms with Gasteiger partial charge in [0.25, 0.3) is 0 Å². The number of hydrogen-bond donors (Lipinski definition) is 0. The maximum Gasteiger partial charge on any atom is 0.0506 e. The molecular weight excluding hydrogens is 248 g/mol. The monoisotopic (exact) mass is 272 g/mol. The Morgan fingerprint density at radius 1 is 1.30 bits per heavy atom. The first kappa shape index (κ1) is 13.7. The SMILES string of the molecule is CN(CCn1ccc2ccccc21)C[C@@H]1CCCOC1. The van der Waals surface area contributed by atoms with Crippen molar-refractivity contribution in [3.05, 3.63) is 36.5 Å². The van der Waals surface area contributed by atoms with Crippen molar-refractivity contribution < 1.29 is 4.74 Å². The van der Waals surface area contributed by atoms with E-state index < -0.39 is 0 Å². The fourth-order valence-electron chi connectivity index (χ4n) is 3.10. The number of rotatable bonds is 5. The Kier molecular flexibility index (Phi) is 4.38. The third-order valence-corrected chi connectivity index (χ3v) is 4.23. The second kappa shape index (κ2) is 6.42. The van der Waals surface area contributed by atoms with Crippen molar-refractivity contribution >= 4 is 10.9 Å². The Balaban J connectivity index is 1.53. The van der Waals surface area contributed by atoms with Gasteiger partial charge in [-0.3, -0.25) is 0 Å². The van der Waals surface area contributed by atoms with Gasteiger partial charge in [-0.2, -0.15) is 0 Å². The largest absolute Gasteiger partial charge is 0.381 e. The van der Waals surface area contributed by atoms with Crippen LogP contribution >= 0.6 is 0 Å². The van der Waals surface area contributed by atoms with Gasteiger partial charge in [0.05, 0.1) is 6.61 Å². The highest BCUT2D eigenvalue weighted by Crippen LogP contribution is 2.16. The number of para-hydroxylation sites is 1. The van der Waals surface area contributed by atoms with Crippen molar-refractivity contribution in [3.8, 4) is 0 Å². The maximum absolute atomic E-state index is 5.56. The van der Waals surface area contributed by atoms with Crippen molar-refractivity contribution in [3.63, 3.8) is 0 Å². The second-order valence-electron chi connectivity index (χ2n) is 5.91. The molecule has 20 heavy (non-hydrogen) atoms. The van der Waals surface area contributed by atoms with Gasteiger partial charge in [0, 0.05) is 38.0 Å². The van der Waals surface area contributed by atoms with Gasteiger partial charge in [-0.25, -0.2) is 0 Å². The molecule has 1 aromatic carbocycles. The van der Waals surface area contributed by atoms with Gasteiger partial charge in [0.1, 0.15) is 0 Å². The van der Waals surface area contributed by atoms with Crippen molar-refractivity contribution in [2.24, 2.45) is 5.92 Å². The van der Waals surface area contributed by atoms with Crippen LogP contribution < -0.4 is 0 Å². The van der Waals surface area contributed by atoms with Gasteiger partial charge in [0.2, 0.25) is 0 Å². The summed E-state index contributed by atoms with van der Waals surface area (Å²) in [4.78, 5) is 2.44. The maximum atomic E-state index is 5.56. The lowest BCUT2D eigenvalue weighted by molar-refractivity contribution is 0.0417. The minimum Gasteiger partial charge on any atom is -0.381 e. The highest BCUT2D eigenvalue weighted by molar-refractivity contribution is 5.79. The number of hydrogen-bond acceptors (Lipinski definition) is 2. The zero-order valence-corrected chi connectivity index (χ0v) is 12.3. The smallest absolute Gasteiger partial charge is 0.0506 e. The van der Waals surface area contributed by atoms with Gasteiger partial charge in [0.15, 0.2) is 0 Å². The molecule has 1 aromatic heterocycles. The number of nitrogens with zero attached hydrogens (tertiary/aromatic N) is 2. The minimum absolute atomic E-state index is 0.718. The molecule has 0 spiro atoms. The summed E-state index contributed by atoms with van der Waals surface area (Å²) < 4.78 is 7.91. The number of likely N-dealkylation sites (N-methyl/N-ethyl adjacent to an activating group) is 1. The Labute approximate surface area is 121 Å². The summed E-state index contributed by atoms with van der Waals surface area (Å²) in [6, 6.07) is 10.8. The summed E-state index contributed by atoms with van der Waals surface area (Å²) in [5.41, 5.74) is 1.34. The fourth-order valence-corrected chi connectivity index (χ4v) is 3.10. The van der Waals surface area contributed by atoms with Crippen LogP contribution in [0.25, 0.3) is 10.9 Å². The molecule has 0 unspecified atom stereocenters. The van der Waals surface area contributed by atoms with Gasteiger partial charge < -0.3 is 14.2 Å². The molecule has 0 radical (unpaired) electrons. The molecule has 1 atom stereocenters. The Morgan fingerprint density at radius 3 is 3.05 bits per heavy atom. The molecule has 1 saturated heterocycles. The van der Waals surface area contributed by atoms with Crippen LogP contribution in [-0.4, -0.2) is 42.8 Å². The molecule has 1 aliphatic heterocycles. The van der Waals surface area contributed by atoms with Crippen molar-refractivity contribution in [2.45, 2.75) is 19.4 Å². The van der Waals surface area contributed by atoms with Gasteiger partial charge in [-0.1, -0.05) is 18.2 Å². The summed E-state index contributed by atoms with van der Waals surface area (Å²) in [5, 5.41) is 1.33. The van der Waals surface area contributed by atoms with Crippen LogP contribution in [0.15, 0.2) is 36.5 Å². The van der Waals surface area contributed by atoms with Crippen molar-refractivity contribution in [1.82, 2.24) is 9.47 Å². The van der Waals surface area contributed by atoms with Crippen molar-refractivity contribution in [1.29, 1.82) is 0 Å². The summed E-state index contributed by atoms with van der Waals surface area (Å²) >= 11 is 0. The fraction of sp³-hybridized carbons (Fsp3) is 0.529. The highest BCUT2D eigenvalue weighted by Gasteiger charge is 2.15. The van der Waals surface area contributed by atoms with Crippen LogP contribution in [0.2, 0.25) is 0 Å². The Morgan fingerprint density at radius 2 is 2.20 bits per heavy atom. The van der Waals surface area contributed by atoms with Crippen LogP contribution in [0.5, 0.6) is 0 Å². The lowest BCUT2D eigenvalue weighted by atomic mass is 10.0. The average molecular weight is 272 g/mol. The van der Waals surface area contributed by atoms with Crippen LogP contribution in [-0.2, 0) is 11.3 Å². The van der Waals surface area contributed by atoms with E-state index in [2.05, 4.69) is 53.0 Å². The minimum atomic E-state index is 0.718. The quantitative estimate of drug-likeness (QED) is 0.832. The average Bonchev–Trinajstić information content (AvgIpc) is 2.89. The second-order valence-corrected chi connectivity index (χ2v) is 5.91. The van der Waals surface area contributed by atoms with E-state index in [1.807, 2.05) is 0 Å². The predicted octanol–water partition coefficient (Wildman–Crippen LogP) is 3.00. The van der Waals surface area contributed by atoms with E-state index in [9.17, 15) is 0 Å². The first-order chi connectivity index (χ1) is 9.83. The van der Waals surface area contributed by atoms with Crippen LogP contribution in [0.3, 0.4) is 0 Å². The number of ether oxygens (including phenoxy) is 1. The molecule has 1 fully saturated rings. The molecule has 3 nitrogen and oxygen atoms in total. The molecule has 3 heteroatoms. The number of aromatic nitrogens is 1. The zero-order valence-electron chi connectivity index (χ0n) is 12.3. The summed E-state index contributed by atoms with van der Waals surface area (Å²) in [5.74, 6) is 0.718. The first-order valence-electron chi connectivity index (χ1n) is 7.63. The van der Waals surface area contributed by atoms with E-state index in [0.717, 1.165) is 38.8 Å². The standard InChI is InChI=1S/C17H24N2O/c1-18(13-15-5-4-12-20-14-15)10-11-19-9-8-16-6-2-3-7-17(16)19/h2-3,6-9,15H,4-5,10-14H2,1H3/t15-/m0/s1. The molecule has 0 bridgehead atoms. The van der Waals surface area contributed by atoms with E-state index >= 15 is 0 Å². The molecule has 0 aliphatic carbocycles. The highest BCUT2D eigenvalue weighted by atomic mass is 16.5. The summed E-state index contributed by atoms with van der Waals surface area (Å²) in [6.07, 6.45) is 4.74. The van der Waals surface area contributed by atoms with Gasteiger partial charge >= 0.3 is 0 Å². The number of fused-ring (bicyclic) bond motifs is 1. The Bertz CT molecular complexity index is 543. The van der Waals surface area contributed by atoms with E-state index in [0.29, 0.717) is 0 Å². The van der Waals surface area contributed by atoms with E-state index in [-0.39, 0.29) is 0 Å². The van der Waals surface area contributed by atoms with Gasteiger partial charge in [-0.05, 0) is 43.3 Å². The first-order valence-corrected chi connectivity index (χ1v) is 7.63. The topological polar surface area (TPSA) is 17.4 Å². The molecule has 2 heterocycles. The lowest BCUT2D eigenvalue weighted by Crippen LogP contribution is -2.32. The van der Waals surface area contributed by atoms with E-state index in [4.69, 9.17) is 4.74 Å². The molecule has 1 aliphatic rings. The predicted molar refractivity (Wildman–Crippen MR) is 83.0 cm³/mol. The van der Waals surface area contributed by atoms with Crippen molar-refractivity contribution in [2.75, 3.05) is 33.4 Å². The zero-order chi connectivity index (χ0) is 13.8.